The predicted octanol–water partition coefficient (Wildman–Crippen LogP) is 1.42. The zero-order chi connectivity index (χ0) is 14.8. The van der Waals surface area contributed by atoms with E-state index >= 15 is 0 Å². The van der Waals surface area contributed by atoms with Crippen LogP contribution in [0.25, 0.3) is 0 Å². The molecule has 1 N–H and O–H groups in total. The van der Waals surface area contributed by atoms with Gasteiger partial charge in [0.05, 0.1) is 5.75 Å². The number of aromatic nitrogens is 5. The van der Waals surface area contributed by atoms with Crippen molar-refractivity contribution in [3.63, 3.8) is 0 Å². The minimum atomic E-state index is -4.56. The fourth-order valence-electron chi connectivity index (χ4n) is 1.08. The molecule has 2 rings (SSSR count). The van der Waals surface area contributed by atoms with Crippen LogP contribution in [0.1, 0.15) is 5.01 Å². The Morgan fingerprint density at radius 1 is 1.45 bits per heavy atom. The highest BCUT2D eigenvalue weighted by atomic mass is 32.2. The number of nitrogens with zero attached hydrogens (tertiary/aromatic N) is 5. The van der Waals surface area contributed by atoms with Crippen LogP contribution in [0, 0.1) is 0 Å². The summed E-state index contributed by atoms with van der Waals surface area (Å²) in [6.07, 6.45) is -3.09. The van der Waals surface area contributed by atoms with Crippen LogP contribution in [0.2, 0.25) is 0 Å². The van der Waals surface area contributed by atoms with Gasteiger partial charge in [0.2, 0.25) is 16.0 Å². The van der Waals surface area contributed by atoms with E-state index in [9.17, 15) is 18.0 Å². The molecule has 0 bridgehead atoms. The highest BCUT2D eigenvalue weighted by molar-refractivity contribution is 7.99. The number of aryl methyl sites for hydroxylation is 1. The van der Waals surface area contributed by atoms with Crippen molar-refractivity contribution in [1.82, 2.24) is 25.0 Å². The average molecular weight is 324 g/mol. The van der Waals surface area contributed by atoms with Gasteiger partial charge in [-0.15, -0.1) is 20.4 Å². The van der Waals surface area contributed by atoms with Crippen molar-refractivity contribution in [3.8, 4) is 0 Å². The number of amides is 1. The Kier molecular flexibility index (Phi) is 4.23. The van der Waals surface area contributed by atoms with Crippen molar-refractivity contribution in [2.45, 2.75) is 11.3 Å². The summed E-state index contributed by atoms with van der Waals surface area (Å²) < 4.78 is 38.5. The number of halogens is 3. The number of hydrogen-bond donors (Lipinski definition) is 1. The molecule has 0 fully saturated rings. The van der Waals surface area contributed by atoms with Crippen molar-refractivity contribution >= 4 is 34.1 Å². The summed E-state index contributed by atoms with van der Waals surface area (Å²) in [5.74, 6) is -0.518. The fraction of sp³-hybridized carbons (Fsp3) is 0.375. The lowest BCUT2D eigenvalue weighted by Gasteiger charge is -2.01. The van der Waals surface area contributed by atoms with Crippen LogP contribution < -0.4 is 5.32 Å². The molecule has 0 aliphatic heterocycles. The molecule has 12 heteroatoms. The lowest BCUT2D eigenvalue weighted by molar-refractivity contribution is -0.138. The third kappa shape index (κ3) is 3.66. The van der Waals surface area contributed by atoms with Crippen LogP contribution in [-0.4, -0.2) is 36.6 Å². The fourth-order valence-corrected chi connectivity index (χ4v) is 2.39. The molecule has 1 amide bonds. The van der Waals surface area contributed by atoms with Crippen molar-refractivity contribution in [2.75, 3.05) is 11.1 Å². The Labute approximate surface area is 118 Å². The summed E-state index contributed by atoms with van der Waals surface area (Å²) in [6.45, 7) is 0. The Balaban J connectivity index is 1.89. The van der Waals surface area contributed by atoms with Crippen LogP contribution >= 0.6 is 23.1 Å². The first kappa shape index (κ1) is 14.7. The van der Waals surface area contributed by atoms with E-state index in [0.29, 0.717) is 5.16 Å². The minimum absolute atomic E-state index is 0.0204. The topological polar surface area (TPSA) is 85.6 Å². The molecule has 7 nitrogen and oxygen atoms in total. The smallest absolute Gasteiger partial charge is 0.312 e. The molecule has 2 aromatic rings. The molecule has 0 aliphatic carbocycles. The first-order valence-corrected chi connectivity index (χ1v) is 6.84. The molecule has 108 valence electrons. The lowest BCUT2D eigenvalue weighted by Crippen LogP contribution is -2.14. The van der Waals surface area contributed by atoms with Crippen LogP contribution in [0.15, 0.2) is 11.5 Å². The highest BCUT2D eigenvalue weighted by Crippen LogP contribution is 2.33. The maximum absolute atomic E-state index is 12.3. The summed E-state index contributed by atoms with van der Waals surface area (Å²) in [7, 11) is 1.71. The number of carbonyl (C=O) groups is 1. The Morgan fingerprint density at radius 2 is 2.20 bits per heavy atom. The van der Waals surface area contributed by atoms with E-state index in [2.05, 4.69) is 25.7 Å². The van der Waals surface area contributed by atoms with Gasteiger partial charge in [0.15, 0.2) is 5.16 Å². The maximum Gasteiger partial charge on any atom is 0.445 e. The number of carbonyl (C=O) groups excluding carboxylic acids is 1. The van der Waals surface area contributed by atoms with Gasteiger partial charge in [-0.25, -0.2) is 0 Å². The predicted molar refractivity (Wildman–Crippen MR) is 65.3 cm³/mol. The number of alkyl halides is 3. The average Bonchev–Trinajstić information content (AvgIpc) is 2.95. The second-order valence-corrected chi connectivity index (χ2v) is 5.39. The van der Waals surface area contributed by atoms with Gasteiger partial charge in [0, 0.05) is 7.05 Å². The minimum Gasteiger partial charge on any atom is -0.312 e. The van der Waals surface area contributed by atoms with E-state index in [4.69, 9.17) is 0 Å². The van der Waals surface area contributed by atoms with Gasteiger partial charge in [0.25, 0.3) is 0 Å². The van der Waals surface area contributed by atoms with E-state index in [1.165, 1.54) is 6.33 Å². The van der Waals surface area contributed by atoms with Crippen LogP contribution in [0.4, 0.5) is 18.3 Å². The van der Waals surface area contributed by atoms with E-state index < -0.39 is 17.1 Å². The number of hydrogen-bond acceptors (Lipinski definition) is 7. The first-order valence-electron chi connectivity index (χ1n) is 5.03. The molecule has 20 heavy (non-hydrogen) atoms. The largest absolute Gasteiger partial charge is 0.445 e. The van der Waals surface area contributed by atoms with Crippen LogP contribution in [0.3, 0.4) is 0 Å². The Morgan fingerprint density at radius 3 is 2.75 bits per heavy atom. The van der Waals surface area contributed by atoms with Crippen molar-refractivity contribution < 1.29 is 18.0 Å². The van der Waals surface area contributed by atoms with Gasteiger partial charge in [-0.2, -0.15) is 13.2 Å². The van der Waals surface area contributed by atoms with Gasteiger partial charge < -0.3 is 4.57 Å². The Hall–Kier alpha value is -1.69. The molecule has 2 heterocycles. The van der Waals surface area contributed by atoms with Crippen molar-refractivity contribution in [1.29, 1.82) is 0 Å². The van der Waals surface area contributed by atoms with E-state index in [1.807, 2.05) is 0 Å². The van der Waals surface area contributed by atoms with Crippen LogP contribution in [0.5, 0.6) is 0 Å². The van der Waals surface area contributed by atoms with Crippen molar-refractivity contribution in [3.05, 3.63) is 11.3 Å². The molecular weight excluding hydrogens is 317 g/mol. The van der Waals surface area contributed by atoms with E-state index in [0.717, 1.165) is 11.8 Å². The third-order valence-corrected chi connectivity index (χ3v) is 3.83. The summed E-state index contributed by atoms with van der Waals surface area (Å²) in [5.41, 5.74) is 0. The Bertz CT molecular complexity index is 609. The van der Waals surface area contributed by atoms with Gasteiger partial charge in [0.1, 0.15) is 6.33 Å². The molecule has 0 radical (unpaired) electrons. The van der Waals surface area contributed by atoms with E-state index in [1.54, 1.807) is 11.6 Å². The molecule has 2 aromatic heterocycles. The monoisotopic (exact) mass is 324 g/mol. The zero-order valence-electron chi connectivity index (χ0n) is 9.88. The standard InChI is InChI=1S/C8H7F3N6OS2/c1-17-3-12-16-7(17)19-2-4(18)13-6-15-14-5(20-6)8(9,10)11/h3H,2H2,1H3,(H,13,15,18). The third-order valence-electron chi connectivity index (χ3n) is 1.92. The molecule has 0 saturated heterocycles. The number of nitrogens with one attached hydrogen (secondary N) is 1. The molecule has 0 aromatic carbocycles. The second-order valence-electron chi connectivity index (χ2n) is 3.47. The molecular formula is C8H7F3N6OS2. The summed E-state index contributed by atoms with van der Waals surface area (Å²) in [5, 5.41) is 15.1. The SMILES string of the molecule is Cn1cnnc1SCC(=O)Nc1nnc(C(F)(F)F)s1. The van der Waals surface area contributed by atoms with Crippen molar-refractivity contribution in [2.24, 2.45) is 7.05 Å². The lowest BCUT2D eigenvalue weighted by atomic mass is 10.7. The maximum atomic E-state index is 12.3. The number of thioether (sulfide) groups is 1. The normalized spacial score (nSPS) is 11.6. The quantitative estimate of drug-likeness (QED) is 0.856. The molecule has 0 atom stereocenters. The second kappa shape index (κ2) is 5.75. The van der Waals surface area contributed by atoms with E-state index in [-0.39, 0.29) is 22.2 Å². The molecule has 0 saturated carbocycles. The molecule has 0 spiro atoms. The van der Waals surface area contributed by atoms with Gasteiger partial charge in [-0.1, -0.05) is 23.1 Å². The zero-order valence-corrected chi connectivity index (χ0v) is 11.5. The molecule has 0 unspecified atom stereocenters. The van der Waals surface area contributed by atoms with Gasteiger partial charge in [-0.3, -0.25) is 10.1 Å². The summed E-state index contributed by atoms with van der Waals surface area (Å²) >= 11 is 1.38. The number of anilines is 1. The van der Waals surface area contributed by atoms with Gasteiger partial charge in [-0.05, 0) is 0 Å². The highest BCUT2D eigenvalue weighted by Gasteiger charge is 2.35. The molecule has 0 aliphatic rings. The van der Waals surface area contributed by atoms with Crippen LogP contribution in [-0.2, 0) is 18.0 Å². The summed E-state index contributed by atoms with van der Waals surface area (Å²) in [4.78, 5) is 11.5. The first-order chi connectivity index (χ1) is 9.36. The number of rotatable bonds is 4. The van der Waals surface area contributed by atoms with Gasteiger partial charge >= 0.3 is 6.18 Å². The summed E-state index contributed by atoms with van der Waals surface area (Å²) in [6, 6.07) is 0.